The number of hydrogen-bond acceptors (Lipinski definition) is 3. The Balaban J connectivity index is 1.84. The second kappa shape index (κ2) is 5.13. The van der Waals surface area contributed by atoms with E-state index in [9.17, 15) is 4.79 Å². The van der Waals surface area contributed by atoms with E-state index in [0.29, 0.717) is 6.04 Å². The third-order valence-electron chi connectivity index (χ3n) is 8.11. The van der Waals surface area contributed by atoms with Crippen LogP contribution in [0.1, 0.15) is 44.6 Å². The number of anilines is 1. The van der Waals surface area contributed by atoms with Crippen molar-refractivity contribution in [2.24, 2.45) is 5.41 Å². The van der Waals surface area contributed by atoms with Crippen LogP contribution in [-0.4, -0.2) is 43.7 Å². The Morgan fingerprint density at radius 3 is 2.88 bits per heavy atom. The van der Waals surface area contributed by atoms with Gasteiger partial charge in [0.05, 0.1) is 38.2 Å². The van der Waals surface area contributed by atoms with E-state index >= 15 is 0 Å². The molecule has 1 aliphatic carbocycles. The van der Waals surface area contributed by atoms with Crippen LogP contribution < -0.4 is 5.32 Å². The maximum atomic E-state index is 12.8. The van der Waals surface area contributed by atoms with Gasteiger partial charge in [-0.1, -0.05) is 25.1 Å². The Morgan fingerprint density at radius 1 is 1.31 bits per heavy atom. The van der Waals surface area contributed by atoms with Crippen molar-refractivity contribution in [3.8, 4) is 0 Å². The normalized spacial score (nSPS) is 39.7. The number of ether oxygens (including phenoxy) is 1. The van der Waals surface area contributed by atoms with Gasteiger partial charge in [-0.25, -0.2) is 4.79 Å². The zero-order chi connectivity index (χ0) is 18.2. The zero-order valence-electron chi connectivity index (χ0n) is 16.1. The lowest BCUT2D eigenvalue weighted by Gasteiger charge is -2.57. The van der Waals surface area contributed by atoms with Crippen LogP contribution >= 0.6 is 0 Å². The quantitative estimate of drug-likeness (QED) is 0.652. The molecule has 0 bridgehead atoms. The minimum atomic E-state index is -0.141. The smallest absolute Gasteiger partial charge is 0.335 e. The van der Waals surface area contributed by atoms with Crippen molar-refractivity contribution in [1.29, 1.82) is 0 Å². The first-order valence-corrected chi connectivity index (χ1v) is 10.0. The van der Waals surface area contributed by atoms with Crippen molar-refractivity contribution < 1.29 is 14.0 Å². The molecule has 4 nitrogen and oxygen atoms in total. The SMILES string of the molecule is CC[C@@]12CCC[N+]3(C)CC[C@@]4(C(=C(C(=O)OC)C1)Nc1ccccc14)[C@@H]23. The van der Waals surface area contributed by atoms with Crippen molar-refractivity contribution in [3.05, 3.63) is 41.1 Å². The zero-order valence-corrected chi connectivity index (χ0v) is 16.1. The number of quaternary nitrogens is 1. The summed E-state index contributed by atoms with van der Waals surface area (Å²) in [6.07, 6.45) is 5.58. The van der Waals surface area contributed by atoms with Gasteiger partial charge >= 0.3 is 5.97 Å². The molecule has 2 fully saturated rings. The number of fused-ring (bicyclic) bond motifs is 1. The van der Waals surface area contributed by atoms with Crippen LogP contribution in [0.2, 0.25) is 0 Å². The van der Waals surface area contributed by atoms with Gasteiger partial charge in [-0.2, -0.15) is 0 Å². The first kappa shape index (κ1) is 16.4. The molecule has 2 saturated heterocycles. The van der Waals surface area contributed by atoms with Gasteiger partial charge in [-0.15, -0.1) is 0 Å². The highest BCUT2D eigenvalue weighted by molar-refractivity contribution is 5.93. The summed E-state index contributed by atoms with van der Waals surface area (Å²) >= 11 is 0. The molecule has 4 atom stereocenters. The van der Waals surface area contributed by atoms with E-state index in [-0.39, 0.29) is 16.8 Å². The highest BCUT2D eigenvalue weighted by atomic mass is 16.5. The first-order chi connectivity index (χ1) is 12.5. The molecule has 1 aromatic rings. The van der Waals surface area contributed by atoms with Crippen molar-refractivity contribution in [2.45, 2.75) is 50.5 Å². The average molecular weight is 353 g/mol. The summed E-state index contributed by atoms with van der Waals surface area (Å²) < 4.78 is 6.41. The molecular weight excluding hydrogens is 324 g/mol. The maximum Gasteiger partial charge on any atom is 0.335 e. The number of para-hydroxylation sites is 1. The fourth-order valence-electron chi connectivity index (χ4n) is 7.25. The average Bonchev–Trinajstić information content (AvgIpc) is 3.17. The van der Waals surface area contributed by atoms with Gasteiger partial charge in [0.25, 0.3) is 0 Å². The Labute approximate surface area is 155 Å². The van der Waals surface area contributed by atoms with Crippen LogP contribution in [0.15, 0.2) is 35.5 Å². The molecule has 5 rings (SSSR count). The maximum absolute atomic E-state index is 12.8. The van der Waals surface area contributed by atoms with Crippen LogP contribution in [0.4, 0.5) is 5.69 Å². The fraction of sp³-hybridized carbons (Fsp3) is 0.591. The van der Waals surface area contributed by atoms with E-state index in [1.165, 1.54) is 44.3 Å². The number of rotatable bonds is 2. The van der Waals surface area contributed by atoms with Crippen LogP contribution in [0.5, 0.6) is 0 Å². The Kier molecular flexibility index (Phi) is 3.23. The van der Waals surface area contributed by atoms with E-state index in [2.05, 4.69) is 43.6 Å². The number of methoxy groups -OCH3 is 1. The van der Waals surface area contributed by atoms with Gasteiger partial charge in [0.1, 0.15) is 6.04 Å². The van der Waals surface area contributed by atoms with Crippen molar-refractivity contribution >= 4 is 11.7 Å². The van der Waals surface area contributed by atoms with Gasteiger partial charge in [-0.05, 0) is 37.3 Å². The van der Waals surface area contributed by atoms with E-state index in [1.807, 2.05) is 0 Å². The fourth-order valence-corrected chi connectivity index (χ4v) is 7.25. The molecule has 3 aliphatic heterocycles. The molecule has 138 valence electrons. The topological polar surface area (TPSA) is 38.3 Å². The summed E-state index contributed by atoms with van der Waals surface area (Å²) in [6, 6.07) is 9.26. The molecule has 0 saturated carbocycles. The summed E-state index contributed by atoms with van der Waals surface area (Å²) in [7, 11) is 3.98. The van der Waals surface area contributed by atoms with Gasteiger partial charge in [0, 0.05) is 23.2 Å². The van der Waals surface area contributed by atoms with Crippen molar-refractivity contribution in [3.63, 3.8) is 0 Å². The first-order valence-electron chi connectivity index (χ1n) is 10.0. The monoisotopic (exact) mass is 353 g/mol. The molecule has 1 aromatic carbocycles. The molecule has 3 heterocycles. The van der Waals surface area contributed by atoms with E-state index < -0.39 is 0 Å². The minimum Gasteiger partial charge on any atom is -0.466 e. The van der Waals surface area contributed by atoms with E-state index in [1.54, 1.807) is 0 Å². The van der Waals surface area contributed by atoms with Gasteiger partial charge in [0.2, 0.25) is 0 Å². The van der Waals surface area contributed by atoms with E-state index in [0.717, 1.165) is 35.0 Å². The van der Waals surface area contributed by atoms with Crippen LogP contribution in [0.25, 0.3) is 0 Å². The molecule has 4 heteroatoms. The van der Waals surface area contributed by atoms with E-state index in [4.69, 9.17) is 4.74 Å². The molecule has 0 aromatic heterocycles. The molecule has 4 aliphatic rings. The van der Waals surface area contributed by atoms with Crippen LogP contribution in [-0.2, 0) is 14.9 Å². The highest BCUT2D eigenvalue weighted by Crippen LogP contribution is 2.66. The highest BCUT2D eigenvalue weighted by Gasteiger charge is 2.71. The van der Waals surface area contributed by atoms with Gasteiger partial charge < -0.3 is 14.5 Å². The second-order valence-corrected chi connectivity index (χ2v) is 9.06. The number of carbonyl (C=O) groups is 1. The number of nitrogens with one attached hydrogen (secondary N) is 1. The Morgan fingerprint density at radius 2 is 2.12 bits per heavy atom. The number of carbonyl (C=O) groups excluding carboxylic acids is 1. The number of piperidine rings is 1. The lowest BCUT2D eigenvalue weighted by atomic mass is 9.53. The number of nitrogens with zero attached hydrogens (tertiary/aromatic N) is 1. The standard InChI is InChI=1S/C22H28N2O2/c1-4-21-10-7-12-24(2)13-11-22(20(21)24)16-8-5-6-9-17(16)23-18(22)15(14-21)19(25)26-3/h5-6,8-9,20H,4,7,10-14H2,1-3H3/p+1/t20-,21-,22-,24?/m1/s1. The summed E-state index contributed by atoms with van der Waals surface area (Å²) in [5, 5.41) is 3.68. The molecule has 1 N–H and O–H groups in total. The number of benzene rings is 1. The Bertz CT molecular complexity index is 831. The largest absolute Gasteiger partial charge is 0.466 e. The lowest BCUT2D eigenvalue weighted by Crippen LogP contribution is -2.66. The van der Waals surface area contributed by atoms with Gasteiger partial charge in [0.15, 0.2) is 0 Å². The third-order valence-corrected chi connectivity index (χ3v) is 8.11. The van der Waals surface area contributed by atoms with Crippen molar-refractivity contribution in [1.82, 2.24) is 0 Å². The molecule has 1 spiro atoms. The molecule has 1 unspecified atom stereocenters. The van der Waals surface area contributed by atoms with Gasteiger partial charge in [-0.3, -0.25) is 0 Å². The minimum absolute atomic E-state index is 0.0520. The summed E-state index contributed by atoms with van der Waals surface area (Å²) in [5.41, 5.74) is 4.79. The number of hydrogen-bond donors (Lipinski definition) is 1. The molecule has 0 radical (unpaired) electrons. The predicted molar refractivity (Wildman–Crippen MR) is 102 cm³/mol. The Hall–Kier alpha value is -1.81. The second-order valence-electron chi connectivity index (χ2n) is 9.06. The predicted octanol–water partition coefficient (Wildman–Crippen LogP) is 3.59. The lowest BCUT2D eigenvalue weighted by molar-refractivity contribution is -0.936. The summed E-state index contributed by atoms with van der Waals surface area (Å²) in [4.78, 5) is 12.8. The number of likely N-dealkylation sites (N-methyl/N-ethyl adjacent to an activating group) is 1. The van der Waals surface area contributed by atoms with Crippen LogP contribution in [0, 0.1) is 5.41 Å². The summed E-state index contributed by atoms with van der Waals surface area (Å²) in [6.45, 7) is 4.79. The molecule has 0 amide bonds. The van der Waals surface area contributed by atoms with Crippen LogP contribution in [0.3, 0.4) is 0 Å². The third kappa shape index (κ3) is 1.72. The number of esters is 1. The van der Waals surface area contributed by atoms with Crippen molar-refractivity contribution in [2.75, 3.05) is 32.6 Å². The molecule has 26 heavy (non-hydrogen) atoms. The molecular formula is C22H29N2O2+. The summed E-state index contributed by atoms with van der Waals surface area (Å²) in [5.74, 6) is -0.141.